The summed E-state index contributed by atoms with van der Waals surface area (Å²) in [5.41, 5.74) is 4.06. The largest absolute Gasteiger partial charge is 0.487 e. The molecule has 0 aliphatic rings. The molecule has 0 amide bonds. The van der Waals surface area contributed by atoms with E-state index in [4.69, 9.17) is 4.74 Å². The Morgan fingerprint density at radius 1 is 1.30 bits per heavy atom. The van der Waals surface area contributed by atoms with Crippen molar-refractivity contribution < 1.29 is 4.74 Å². The summed E-state index contributed by atoms with van der Waals surface area (Å²) >= 11 is 1.60. The summed E-state index contributed by atoms with van der Waals surface area (Å²) in [6, 6.07) is 8.63. The minimum atomic E-state index is 0.349. The fraction of sp³-hybridized carbons (Fsp3) is 0.438. The Balaban J connectivity index is 2.07. The maximum absolute atomic E-state index is 5.95. The third kappa shape index (κ3) is 4.05. The molecule has 1 heterocycles. The first kappa shape index (κ1) is 15.0. The maximum Gasteiger partial charge on any atom is 0.131 e. The summed E-state index contributed by atoms with van der Waals surface area (Å²) < 4.78 is 5.95. The van der Waals surface area contributed by atoms with E-state index in [1.54, 1.807) is 11.3 Å². The van der Waals surface area contributed by atoms with Crippen LogP contribution in [0.4, 0.5) is 0 Å². The third-order valence-corrected chi connectivity index (χ3v) is 3.84. The van der Waals surface area contributed by atoms with E-state index in [0.717, 1.165) is 30.8 Å². The number of nitrogens with one attached hydrogen (secondary N) is 1. The van der Waals surface area contributed by atoms with Crippen LogP contribution in [0.15, 0.2) is 35.2 Å². The Labute approximate surface area is 125 Å². The molecule has 3 nitrogen and oxygen atoms in total. The van der Waals surface area contributed by atoms with Crippen molar-refractivity contribution in [2.45, 2.75) is 39.3 Å². The lowest BCUT2D eigenvalue weighted by Gasteiger charge is -2.20. The van der Waals surface area contributed by atoms with Crippen molar-refractivity contribution >= 4 is 11.3 Å². The Morgan fingerprint density at radius 3 is 2.85 bits per heavy atom. The predicted octanol–water partition coefficient (Wildman–Crippen LogP) is 4.17. The van der Waals surface area contributed by atoms with Crippen LogP contribution in [0, 0.1) is 0 Å². The van der Waals surface area contributed by atoms with Crippen molar-refractivity contribution in [1.29, 1.82) is 0 Å². The fourth-order valence-electron chi connectivity index (χ4n) is 2.15. The van der Waals surface area contributed by atoms with Crippen LogP contribution in [0.5, 0.6) is 5.75 Å². The number of nitrogens with zero attached hydrogens (tertiary/aromatic N) is 1. The topological polar surface area (TPSA) is 34.1 Å². The van der Waals surface area contributed by atoms with Gasteiger partial charge in [-0.1, -0.05) is 32.0 Å². The number of hydrogen-bond acceptors (Lipinski definition) is 4. The van der Waals surface area contributed by atoms with E-state index >= 15 is 0 Å². The number of benzene rings is 1. The molecule has 1 aromatic carbocycles. The van der Waals surface area contributed by atoms with Gasteiger partial charge >= 0.3 is 0 Å². The van der Waals surface area contributed by atoms with E-state index in [-0.39, 0.29) is 0 Å². The first-order valence-corrected chi connectivity index (χ1v) is 8.11. The highest BCUT2D eigenvalue weighted by molar-refractivity contribution is 7.07. The summed E-state index contributed by atoms with van der Waals surface area (Å²) in [6.45, 7) is 5.94. The van der Waals surface area contributed by atoms with Crippen LogP contribution in [-0.2, 0) is 6.61 Å². The normalized spacial score (nSPS) is 12.3. The van der Waals surface area contributed by atoms with Gasteiger partial charge in [0, 0.05) is 17.0 Å². The molecule has 1 N–H and O–H groups in total. The molecule has 108 valence electrons. The van der Waals surface area contributed by atoms with Crippen molar-refractivity contribution in [3.63, 3.8) is 0 Å². The molecule has 2 aromatic rings. The molecule has 0 spiro atoms. The second kappa shape index (κ2) is 8.02. The van der Waals surface area contributed by atoms with E-state index in [0.29, 0.717) is 12.6 Å². The Hall–Kier alpha value is -1.39. The molecule has 1 unspecified atom stereocenters. The van der Waals surface area contributed by atoms with Gasteiger partial charge in [0.2, 0.25) is 0 Å². The molecule has 0 aliphatic carbocycles. The first-order chi connectivity index (χ1) is 9.85. The van der Waals surface area contributed by atoms with Crippen molar-refractivity contribution in [1.82, 2.24) is 10.3 Å². The highest BCUT2D eigenvalue weighted by Gasteiger charge is 2.13. The number of hydrogen-bond donors (Lipinski definition) is 1. The molecule has 0 radical (unpaired) electrons. The van der Waals surface area contributed by atoms with Crippen LogP contribution >= 0.6 is 11.3 Å². The number of ether oxygens (including phenoxy) is 1. The zero-order valence-electron chi connectivity index (χ0n) is 12.1. The van der Waals surface area contributed by atoms with Crippen LogP contribution < -0.4 is 10.1 Å². The summed E-state index contributed by atoms with van der Waals surface area (Å²) in [7, 11) is 0. The minimum absolute atomic E-state index is 0.349. The van der Waals surface area contributed by atoms with Gasteiger partial charge in [-0.3, -0.25) is 0 Å². The highest BCUT2D eigenvalue weighted by Crippen LogP contribution is 2.27. The van der Waals surface area contributed by atoms with Gasteiger partial charge in [0.1, 0.15) is 12.4 Å². The molecular formula is C16H22N2OS. The lowest BCUT2D eigenvalue weighted by molar-refractivity contribution is 0.294. The molecular weight excluding hydrogens is 268 g/mol. The van der Waals surface area contributed by atoms with Crippen LogP contribution in [0.1, 0.15) is 44.0 Å². The number of rotatable bonds is 8. The summed E-state index contributed by atoms with van der Waals surface area (Å²) in [4.78, 5) is 4.25. The average molecular weight is 290 g/mol. The van der Waals surface area contributed by atoms with E-state index in [1.165, 1.54) is 5.56 Å². The van der Waals surface area contributed by atoms with Crippen molar-refractivity contribution in [2.75, 3.05) is 6.54 Å². The smallest absolute Gasteiger partial charge is 0.131 e. The summed E-state index contributed by atoms with van der Waals surface area (Å²) in [6.07, 6.45) is 2.19. The SMILES string of the molecule is CCCNC(CC)c1ccccc1OCc1cscn1. The third-order valence-electron chi connectivity index (χ3n) is 3.20. The van der Waals surface area contributed by atoms with Gasteiger partial charge in [0.05, 0.1) is 11.2 Å². The molecule has 20 heavy (non-hydrogen) atoms. The molecule has 0 fully saturated rings. The van der Waals surface area contributed by atoms with Gasteiger partial charge in [-0.2, -0.15) is 0 Å². The molecule has 0 saturated heterocycles. The average Bonchev–Trinajstić information content (AvgIpc) is 3.00. The van der Waals surface area contributed by atoms with Crippen LogP contribution in [0.25, 0.3) is 0 Å². The van der Waals surface area contributed by atoms with Crippen molar-refractivity contribution in [3.8, 4) is 5.75 Å². The molecule has 0 bridgehead atoms. The Morgan fingerprint density at radius 2 is 2.15 bits per heavy atom. The quantitative estimate of drug-likeness (QED) is 0.792. The Kier molecular flexibility index (Phi) is 6.02. The van der Waals surface area contributed by atoms with Crippen LogP contribution in [0.3, 0.4) is 0 Å². The molecule has 1 atom stereocenters. The van der Waals surface area contributed by atoms with E-state index in [2.05, 4.69) is 36.3 Å². The Bertz CT molecular complexity index is 499. The number of aromatic nitrogens is 1. The second-order valence-corrected chi connectivity index (χ2v) is 5.44. The van der Waals surface area contributed by atoms with Crippen LogP contribution in [0.2, 0.25) is 0 Å². The fourth-order valence-corrected chi connectivity index (χ4v) is 2.70. The molecule has 2 rings (SSSR count). The molecule has 1 aromatic heterocycles. The molecule has 0 saturated carbocycles. The van der Waals surface area contributed by atoms with E-state index in [9.17, 15) is 0 Å². The van der Waals surface area contributed by atoms with Gasteiger partial charge in [-0.25, -0.2) is 4.98 Å². The maximum atomic E-state index is 5.95. The van der Waals surface area contributed by atoms with Gasteiger partial charge in [0.15, 0.2) is 0 Å². The van der Waals surface area contributed by atoms with Gasteiger partial charge in [-0.05, 0) is 25.5 Å². The lowest BCUT2D eigenvalue weighted by atomic mass is 10.0. The minimum Gasteiger partial charge on any atom is -0.487 e. The highest BCUT2D eigenvalue weighted by atomic mass is 32.1. The molecule has 0 aliphatic heterocycles. The van der Waals surface area contributed by atoms with Gasteiger partial charge in [-0.15, -0.1) is 11.3 Å². The van der Waals surface area contributed by atoms with E-state index in [1.807, 2.05) is 23.0 Å². The zero-order valence-corrected chi connectivity index (χ0v) is 13.0. The summed E-state index contributed by atoms with van der Waals surface area (Å²) in [5.74, 6) is 0.955. The summed E-state index contributed by atoms with van der Waals surface area (Å²) in [5, 5.41) is 5.60. The van der Waals surface area contributed by atoms with Gasteiger partial charge in [0.25, 0.3) is 0 Å². The van der Waals surface area contributed by atoms with Crippen molar-refractivity contribution in [3.05, 3.63) is 46.4 Å². The zero-order chi connectivity index (χ0) is 14.2. The monoisotopic (exact) mass is 290 g/mol. The van der Waals surface area contributed by atoms with Crippen molar-refractivity contribution in [2.24, 2.45) is 0 Å². The first-order valence-electron chi connectivity index (χ1n) is 7.17. The second-order valence-electron chi connectivity index (χ2n) is 4.72. The number of para-hydroxylation sites is 1. The van der Waals surface area contributed by atoms with E-state index < -0.39 is 0 Å². The lowest BCUT2D eigenvalue weighted by Crippen LogP contribution is -2.22. The standard InChI is InChI=1S/C16H22N2OS/c1-3-9-17-15(4-2)14-7-5-6-8-16(14)19-10-13-11-20-12-18-13/h5-8,11-12,15,17H,3-4,9-10H2,1-2H3. The number of thiazole rings is 1. The van der Waals surface area contributed by atoms with Gasteiger partial charge < -0.3 is 10.1 Å². The molecule has 4 heteroatoms. The predicted molar refractivity (Wildman–Crippen MR) is 84.2 cm³/mol. The van der Waals surface area contributed by atoms with Crippen LogP contribution in [-0.4, -0.2) is 11.5 Å².